The van der Waals surface area contributed by atoms with Crippen LogP contribution in [0.3, 0.4) is 0 Å². The van der Waals surface area contributed by atoms with Gasteiger partial charge >= 0.3 is 0 Å². The molecule has 4 N–H and O–H groups in total. The second-order valence-electron chi connectivity index (χ2n) is 6.93. The molecular formula is C20H30BrN5O3S. The number of nitrogens with one attached hydrogen (secondary N) is 3. The van der Waals surface area contributed by atoms with E-state index in [-0.39, 0.29) is 17.5 Å². The quantitative estimate of drug-likeness (QED) is 0.307. The summed E-state index contributed by atoms with van der Waals surface area (Å²) < 4.78 is 28.4. The van der Waals surface area contributed by atoms with Crippen molar-refractivity contribution in [2.75, 3.05) is 23.8 Å². The smallest absolute Gasteiger partial charge is 0.240 e. The first kappa shape index (κ1) is 24.5. The highest BCUT2D eigenvalue weighted by Crippen LogP contribution is 2.24. The Balaban J connectivity index is 2.09. The molecule has 8 nitrogen and oxygen atoms in total. The number of benzene rings is 1. The van der Waals surface area contributed by atoms with Crippen LogP contribution in [-0.4, -0.2) is 42.7 Å². The van der Waals surface area contributed by atoms with Gasteiger partial charge in [-0.25, -0.2) is 18.1 Å². The first-order chi connectivity index (χ1) is 14.4. The molecule has 0 bridgehead atoms. The van der Waals surface area contributed by atoms with Crippen LogP contribution in [0.2, 0.25) is 0 Å². The van der Waals surface area contributed by atoms with Gasteiger partial charge < -0.3 is 15.7 Å². The van der Waals surface area contributed by atoms with E-state index in [1.807, 2.05) is 6.92 Å². The molecule has 1 aromatic carbocycles. The molecule has 0 radical (unpaired) electrons. The van der Waals surface area contributed by atoms with E-state index in [9.17, 15) is 13.5 Å². The third-order valence-corrected chi connectivity index (χ3v) is 6.56. The van der Waals surface area contributed by atoms with Gasteiger partial charge in [0.15, 0.2) is 0 Å². The lowest BCUT2D eigenvalue weighted by Gasteiger charge is -2.16. The van der Waals surface area contributed by atoms with E-state index in [4.69, 9.17) is 0 Å². The van der Waals surface area contributed by atoms with Crippen LogP contribution < -0.4 is 15.4 Å². The minimum atomic E-state index is -3.58. The summed E-state index contributed by atoms with van der Waals surface area (Å²) in [6.45, 7) is 4.49. The van der Waals surface area contributed by atoms with Gasteiger partial charge in [-0.1, -0.05) is 39.2 Å². The van der Waals surface area contributed by atoms with Gasteiger partial charge in [-0.05, 0) is 47.0 Å². The number of aliphatic hydroxyl groups is 1. The fourth-order valence-electron chi connectivity index (χ4n) is 2.71. The largest absolute Gasteiger partial charge is 0.394 e. The summed E-state index contributed by atoms with van der Waals surface area (Å²) in [4.78, 5) is 8.83. The number of hydrogen-bond donors (Lipinski definition) is 4. The summed E-state index contributed by atoms with van der Waals surface area (Å²) in [5.41, 5.74) is 0.561. The molecule has 1 aromatic heterocycles. The minimum Gasteiger partial charge on any atom is -0.394 e. The zero-order valence-electron chi connectivity index (χ0n) is 17.4. The highest BCUT2D eigenvalue weighted by Gasteiger charge is 2.15. The maximum absolute atomic E-state index is 12.5. The van der Waals surface area contributed by atoms with Gasteiger partial charge in [-0.15, -0.1) is 0 Å². The van der Waals surface area contributed by atoms with Gasteiger partial charge in [0.05, 0.1) is 22.0 Å². The average Bonchev–Trinajstić information content (AvgIpc) is 2.74. The molecule has 2 rings (SSSR count). The zero-order chi connectivity index (χ0) is 22.0. The monoisotopic (exact) mass is 499 g/mol. The number of halogens is 1. The van der Waals surface area contributed by atoms with Crippen molar-refractivity contribution in [3.63, 3.8) is 0 Å². The summed E-state index contributed by atoms with van der Waals surface area (Å²) >= 11 is 3.40. The predicted octanol–water partition coefficient (Wildman–Crippen LogP) is 4.02. The molecule has 1 atom stereocenters. The summed E-state index contributed by atoms with van der Waals surface area (Å²) in [6.07, 6.45) is 6.37. The number of aromatic nitrogens is 2. The lowest BCUT2D eigenvalue weighted by molar-refractivity contribution is 0.271. The first-order valence-corrected chi connectivity index (χ1v) is 12.4. The number of sulfonamides is 1. The van der Waals surface area contributed by atoms with Gasteiger partial charge in [0.1, 0.15) is 5.82 Å². The molecule has 0 aliphatic heterocycles. The third kappa shape index (κ3) is 7.50. The minimum absolute atomic E-state index is 0.0128. The van der Waals surface area contributed by atoms with Crippen LogP contribution in [0.4, 0.5) is 17.5 Å². The van der Waals surface area contributed by atoms with Crippen molar-refractivity contribution in [2.45, 2.75) is 56.9 Å². The van der Waals surface area contributed by atoms with Gasteiger partial charge in [-0.3, -0.25) is 0 Å². The number of hydrogen-bond acceptors (Lipinski definition) is 7. The predicted molar refractivity (Wildman–Crippen MR) is 124 cm³/mol. The third-order valence-electron chi connectivity index (χ3n) is 4.52. The van der Waals surface area contributed by atoms with Gasteiger partial charge in [-0.2, -0.15) is 4.98 Å². The Bertz CT molecular complexity index is 907. The molecule has 30 heavy (non-hydrogen) atoms. The zero-order valence-corrected chi connectivity index (χ0v) is 19.8. The molecule has 0 saturated carbocycles. The highest BCUT2D eigenvalue weighted by atomic mass is 79.9. The molecule has 0 saturated heterocycles. The Morgan fingerprint density at radius 3 is 2.70 bits per heavy atom. The molecule has 0 spiro atoms. The van der Waals surface area contributed by atoms with Crippen molar-refractivity contribution in [3.8, 4) is 0 Å². The van der Waals surface area contributed by atoms with E-state index in [1.165, 1.54) is 0 Å². The van der Waals surface area contributed by atoms with Crippen molar-refractivity contribution >= 4 is 43.4 Å². The first-order valence-electron chi connectivity index (χ1n) is 10.2. The van der Waals surface area contributed by atoms with Crippen molar-refractivity contribution in [2.24, 2.45) is 0 Å². The van der Waals surface area contributed by atoms with Crippen LogP contribution in [-0.2, 0) is 10.0 Å². The average molecular weight is 500 g/mol. The summed E-state index contributed by atoms with van der Waals surface area (Å²) in [5, 5.41) is 15.6. The van der Waals surface area contributed by atoms with E-state index in [1.54, 1.807) is 30.5 Å². The van der Waals surface area contributed by atoms with Gasteiger partial charge in [0.2, 0.25) is 16.0 Å². The van der Waals surface area contributed by atoms with Crippen LogP contribution in [0.15, 0.2) is 39.8 Å². The molecule has 166 valence electrons. The number of anilines is 3. The molecule has 1 heterocycles. The molecule has 0 fully saturated rings. The topological polar surface area (TPSA) is 116 Å². The standard InChI is InChI=1S/C20H30BrN5O3S/c1-3-5-6-7-11-23-30(28,29)17-10-8-9-16(12-17)25-20-22-13-18(21)19(26-20)24-15(4-2)14-27/h8-10,12-13,15,23,27H,3-7,11,14H2,1-2H3,(H2,22,24,25,26)/t15-/m1/s1. The molecule has 2 aromatic rings. The fourth-order valence-corrected chi connectivity index (χ4v) is 4.14. The fraction of sp³-hybridized carbons (Fsp3) is 0.500. The SMILES string of the molecule is CCCCCCNS(=O)(=O)c1cccc(Nc2ncc(Br)c(N[C@H](CC)CO)n2)c1. The lowest BCUT2D eigenvalue weighted by Crippen LogP contribution is -2.24. The van der Waals surface area contributed by atoms with Crippen LogP contribution >= 0.6 is 15.9 Å². The Labute approximate surface area is 187 Å². The van der Waals surface area contributed by atoms with Crippen LogP contribution in [0.1, 0.15) is 46.0 Å². The molecular weight excluding hydrogens is 470 g/mol. The Morgan fingerprint density at radius 1 is 1.20 bits per heavy atom. The second-order valence-corrected chi connectivity index (χ2v) is 9.55. The van der Waals surface area contributed by atoms with Crippen molar-refractivity contribution < 1.29 is 13.5 Å². The maximum Gasteiger partial charge on any atom is 0.240 e. The second kappa shape index (κ2) is 12.2. The van der Waals surface area contributed by atoms with Gasteiger partial charge in [0.25, 0.3) is 0 Å². The normalized spacial score (nSPS) is 12.5. The molecule has 0 aliphatic rings. The Morgan fingerprint density at radius 2 is 2.00 bits per heavy atom. The van der Waals surface area contributed by atoms with E-state index in [0.29, 0.717) is 28.5 Å². The van der Waals surface area contributed by atoms with Crippen LogP contribution in [0.5, 0.6) is 0 Å². The van der Waals surface area contributed by atoms with E-state index in [0.717, 1.165) is 32.1 Å². The number of aliphatic hydroxyl groups excluding tert-OH is 1. The van der Waals surface area contributed by atoms with E-state index >= 15 is 0 Å². The Hall–Kier alpha value is -1.75. The summed E-state index contributed by atoms with van der Waals surface area (Å²) in [6, 6.07) is 6.41. The molecule has 0 amide bonds. The van der Waals surface area contributed by atoms with Crippen molar-refractivity contribution in [1.29, 1.82) is 0 Å². The molecule has 0 aliphatic carbocycles. The van der Waals surface area contributed by atoms with Crippen molar-refractivity contribution in [3.05, 3.63) is 34.9 Å². The van der Waals surface area contributed by atoms with Crippen LogP contribution in [0, 0.1) is 0 Å². The number of rotatable bonds is 13. The number of nitrogens with zero attached hydrogens (tertiary/aromatic N) is 2. The summed E-state index contributed by atoms with van der Waals surface area (Å²) in [7, 11) is -3.58. The van der Waals surface area contributed by atoms with Gasteiger partial charge in [0, 0.05) is 18.4 Å². The van der Waals surface area contributed by atoms with E-state index < -0.39 is 10.0 Å². The van der Waals surface area contributed by atoms with Crippen LogP contribution in [0.25, 0.3) is 0 Å². The summed E-state index contributed by atoms with van der Waals surface area (Å²) in [5.74, 6) is 0.862. The molecule has 10 heteroatoms. The number of unbranched alkanes of at least 4 members (excludes halogenated alkanes) is 3. The van der Waals surface area contributed by atoms with Crippen molar-refractivity contribution in [1.82, 2.24) is 14.7 Å². The lowest BCUT2D eigenvalue weighted by atomic mass is 10.2. The maximum atomic E-state index is 12.5. The Kier molecular flexibility index (Phi) is 9.96. The molecule has 0 unspecified atom stereocenters. The van der Waals surface area contributed by atoms with E-state index in [2.05, 4.69) is 48.2 Å². The highest BCUT2D eigenvalue weighted by molar-refractivity contribution is 9.10.